The highest BCUT2D eigenvalue weighted by Crippen LogP contribution is 2.31. The predicted molar refractivity (Wildman–Crippen MR) is 84.7 cm³/mol. The summed E-state index contributed by atoms with van der Waals surface area (Å²) in [6.07, 6.45) is 3.60. The van der Waals surface area contributed by atoms with Crippen LogP contribution >= 0.6 is 0 Å². The SMILES string of the molecule is CC1CCC(C)C(Nc2cccc(N3CCOC3=O)c2)C1. The third-order valence-electron chi connectivity index (χ3n) is 4.73. The third kappa shape index (κ3) is 3.14. The highest BCUT2D eigenvalue weighted by molar-refractivity contribution is 5.89. The maximum absolute atomic E-state index is 11.7. The van der Waals surface area contributed by atoms with Crippen LogP contribution in [0.1, 0.15) is 33.1 Å². The number of rotatable bonds is 3. The molecule has 1 heterocycles. The van der Waals surface area contributed by atoms with Crippen molar-refractivity contribution in [2.75, 3.05) is 23.4 Å². The first-order chi connectivity index (χ1) is 10.1. The molecule has 0 aromatic heterocycles. The van der Waals surface area contributed by atoms with Gasteiger partial charge in [-0.2, -0.15) is 0 Å². The molecule has 0 radical (unpaired) electrons. The Morgan fingerprint density at radius 1 is 1.29 bits per heavy atom. The van der Waals surface area contributed by atoms with Crippen molar-refractivity contribution in [3.63, 3.8) is 0 Å². The Hall–Kier alpha value is -1.71. The molecule has 1 amide bonds. The van der Waals surface area contributed by atoms with Gasteiger partial charge in [-0.3, -0.25) is 4.90 Å². The molecule has 4 heteroatoms. The van der Waals surface area contributed by atoms with Crippen LogP contribution in [0.5, 0.6) is 0 Å². The fourth-order valence-electron chi connectivity index (χ4n) is 3.34. The summed E-state index contributed by atoms with van der Waals surface area (Å²) in [5.74, 6) is 1.48. The van der Waals surface area contributed by atoms with Gasteiger partial charge in [0.25, 0.3) is 0 Å². The first-order valence-corrected chi connectivity index (χ1v) is 7.94. The van der Waals surface area contributed by atoms with Crippen LogP contribution in [0, 0.1) is 11.8 Å². The summed E-state index contributed by atoms with van der Waals surface area (Å²) in [7, 11) is 0. The first-order valence-electron chi connectivity index (χ1n) is 7.94. The van der Waals surface area contributed by atoms with Gasteiger partial charge in [0.2, 0.25) is 0 Å². The van der Waals surface area contributed by atoms with Crippen LogP contribution in [-0.2, 0) is 4.74 Å². The number of cyclic esters (lactones) is 1. The Balaban J connectivity index is 1.72. The standard InChI is InChI=1S/C17H24N2O2/c1-12-6-7-13(2)16(10-12)18-14-4-3-5-15(11-14)19-8-9-21-17(19)20/h3-5,11-13,16,18H,6-10H2,1-2H3. The van der Waals surface area contributed by atoms with Gasteiger partial charge in [-0.1, -0.05) is 26.3 Å². The minimum absolute atomic E-state index is 0.244. The van der Waals surface area contributed by atoms with Crippen LogP contribution in [0.2, 0.25) is 0 Å². The lowest BCUT2D eigenvalue weighted by Gasteiger charge is -2.34. The summed E-state index contributed by atoms with van der Waals surface area (Å²) in [6, 6.07) is 8.62. The summed E-state index contributed by atoms with van der Waals surface area (Å²) in [6.45, 7) is 5.77. The molecule has 1 aromatic carbocycles. The molecule has 1 aromatic rings. The van der Waals surface area contributed by atoms with E-state index in [1.807, 2.05) is 12.1 Å². The summed E-state index contributed by atoms with van der Waals surface area (Å²) >= 11 is 0. The normalized spacial score (nSPS) is 29.3. The van der Waals surface area contributed by atoms with E-state index in [0.717, 1.165) is 17.3 Å². The van der Waals surface area contributed by atoms with Gasteiger partial charge in [0.1, 0.15) is 6.61 Å². The molecule has 1 aliphatic carbocycles. The van der Waals surface area contributed by atoms with Gasteiger partial charge >= 0.3 is 6.09 Å². The molecule has 114 valence electrons. The number of anilines is 2. The number of benzene rings is 1. The second-order valence-electron chi connectivity index (χ2n) is 6.46. The van der Waals surface area contributed by atoms with Crippen LogP contribution in [0.4, 0.5) is 16.2 Å². The molecule has 1 saturated carbocycles. The maximum Gasteiger partial charge on any atom is 0.414 e. The van der Waals surface area contributed by atoms with Crippen molar-refractivity contribution >= 4 is 17.5 Å². The van der Waals surface area contributed by atoms with Gasteiger partial charge in [-0.25, -0.2) is 4.79 Å². The predicted octanol–water partition coefficient (Wildman–Crippen LogP) is 3.88. The first kappa shape index (κ1) is 14.2. The molecule has 1 aliphatic heterocycles. The topological polar surface area (TPSA) is 41.6 Å². The minimum atomic E-state index is -0.244. The van der Waals surface area contributed by atoms with Crippen molar-refractivity contribution in [2.45, 2.75) is 39.2 Å². The Bertz CT molecular complexity index is 517. The fraction of sp³-hybridized carbons (Fsp3) is 0.588. The number of nitrogens with zero attached hydrogens (tertiary/aromatic N) is 1. The largest absolute Gasteiger partial charge is 0.447 e. The molecule has 3 rings (SSSR count). The second kappa shape index (κ2) is 5.96. The van der Waals surface area contributed by atoms with Gasteiger partial charge in [0, 0.05) is 17.4 Å². The zero-order valence-electron chi connectivity index (χ0n) is 12.8. The van der Waals surface area contributed by atoms with Crippen LogP contribution in [-0.4, -0.2) is 25.3 Å². The Morgan fingerprint density at radius 3 is 2.90 bits per heavy atom. The van der Waals surface area contributed by atoms with E-state index < -0.39 is 0 Å². The monoisotopic (exact) mass is 288 g/mol. The number of ether oxygens (including phenoxy) is 1. The van der Waals surface area contributed by atoms with E-state index >= 15 is 0 Å². The van der Waals surface area contributed by atoms with Gasteiger partial charge in [-0.15, -0.1) is 0 Å². The molecule has 2 fully saturated rings. The highest BCUT2D eigenvalue weighted by Gasteiger charge is 2.26. The number of amides is 1. The molecule has 0 spiro atoms. The molecule has 21 heavy (non-hydrogen) atoms. The van der Waals surface area contributed by atoms with Crippen LogP contribution in [0.15, 0.2) is 24.3 Å². The van der Waals surface area contributed by atoms with Crippen molar-refractivity contribution in [3.8, 4) is 0 Å². The maximum atomic E-state index is 11.7. The average molecular weight is 288 g/mol. The second-order valence-corrected chi connectivity index (χ2v) is 6.46. The van der Waals surface area contributed by atoms with Crippen molar-refractivity contribution < 1.29 is 9.53 Å². The van der Waals surface area contributed by atoms with Crippen molar-refractivity contribution in [1.29, 1.82) is 0 Å². The molecule has 4 nitrogen and oxygen atoms in total. The number of hydrogen-bond donors (Lipinski definition) is 1. The van der Waals surface area contributed by atoms with E-state index in [1.165, 1.54) is 19.3 Å². The average Bonchev–Trinajstić information content (AvgIpc) is 2.89. The van der Waals surface area contributed by atoms with Gasteiger partial charge in [0.15, 0.2) is 0 Å². The van der Waals surface area contributed by atoms with Gasteiger partial charge < -0.3 is 10.1 Å². The summed E-state index contributed by atoms with van der Waals surface area (Å²) < 4.78 is 5.01. The van der Waals surface area contributed by atoms with Gasteiger partial charge in [-0.05, 0) is 42.9 Å². The highest BCUT2D eigenvalue weighted by atomic mass is 16.6. The molecule has 3 unspecified atom stereocenters. The molecular weight excluding hydrogens is 264 g/mol. The number of hydrogen-bond acceptors (Lipinski definition) is 3. The van der Waals surface area contributed by atoms with Crippen molar-refractivity contribution in [3.05, 3.63) is 24.3 Å². The van der Waals surface area contributed by atoms with Crippen LogP contribution in [0.3, 0.4) is 0 Å². The quantitative estimate of drug-likeness (QED) is 0.917. The van der Waals surface area contributed by atoms with E-state index in [4.69, 9.17) is 4.74 Å². The fourth-order valence-corrected chi connectivity index (χ4v) is 3.34. The van der Waals surface area contributed by atoms with E-state index in [-0.39, 0.29) is 6.09 Å². The van der Waals surface area contributed by atoms with Crippen molar-refractivity contribution in [1.82, 2.24) is 0 Å². The zero-order valence-corrected chi connectivity index (χ0v) is 12.8. The smallest absolute Gasteiger partial charge is 0.414 e. The van der Waals surface area contributed by atoms with E-state index in [2.05, 4.69) is 31.3 Å². The number of carbonyl (C=O) groups excluding carboxylic acids is 1. The Morgan fingerprint density at radius 2 is 2.14 bits per heavy atom. The van der Waals surface area contributed by atoms with Crippen LogP contribution in [0.25, 0.3) is 0 Å². The lowest BCUT2D eigenvalue weighted by Crippen LogP contribution is -2.33. The van der Waals surface area contributed by atoms with E-state index in [9.17, 15) is 4.79 Å². The number of nitrogens with one attached hydrogen (secondary N) is 1. The lowest BCUT2D eigenvalue weighted by atomic mass is 9.80. The van der Waals surface area contributed by atoms with Crippen LogP contribution < -0.4 is 10.2 Å². The molecule has 3 atom stereocenters. The lowest BCUT2D eigenvalue weighted by molar-refractivity contribution is 0.181. The Kier molecular flexibility index (Phi) is 4.04. The minimum Gasteiger partial charge on any atom is -0.447 e. The molecule has 2 aliphatic rings. The molecule has 1 N–H and O–H groups in total. The summed E-state index contributed by atoms with van der Waals surface area (Å²) in [4.78, 5) is 13.3. The van der Waals surface area contributed by atoms with Gasteiger partial charge in [0.05, 0.1) is 6.54 Å². The summed E-state index contributed by atoms with van der Waals surface area (Å²) in [5, 5.41) is 3.66. The molecule has 0 bridgehead atoms. The number of carbonyl (C=O) groups is 1. The van der Waals surface area contributed by atoms with Crippen molar-refractivity contribution in [2.24, 2.45) is 11.8 Å². The molecular formula is C17H24N2O2. The zero-order chi connectivity index (χ0) is 14.8. The summed E-state index contributed by atoms with van der Waals surface area (Å²) in [5.41, 5.74) is 2.01. The van der Waals surface area contributed by atoms with E-state index in [0.29, 0.717) is 25.1 Å². The third-order valence-corrected chi connectivity index (χ3v) is 4.73. The molecule has 1 saturated heterocycles. The Labute approximate surface area is 126 Å². The van der Waals surface area contributed by atoms with E-state index in [1.54, 1.807) is 4.90 Å².